The van der Waals surface area contributed by atoms with Gasteiger partial charge in [0.05, 0.1) is 15.6 Å². The van der Waals surface area contributed by atoms with Crippen LogP contribution >= 0.6 is 11.6 Å². The topological polar surface area (TPSA) is 83.6 Å². The van der Waals surface area contributed by atoms with Crippen LogP contribution in [-0.2, 0) is 19.6 Å². The molecule has 148 valence electrons. The summed E-state index contributed by atoms with van der Waals surface area (Å²) in [7, 11) is -4.14. The number of benzene rings is 2. The number of sulfonamides is 1. The van der Waals surface area contributed by atoms with E-state index in [0.29, 0.717) is 15.0 Å². The van der Waals surface area contributed by atoms with Gasteiger partial charge in [0.1, 0.15) is 6.04 Å². The van der Waals surface area contributed by atoms with Crippen LogP contribution in [-0.4, -0.2) is 30.6 Å². The van der Waals surface area contributed by atoms with Gasteiger partial charge in [-0.25, -0.2) is 12.7 Å². The second-order valence-corrected chi connectivity index (χ2v) is 9.19. The molecule has 1 atom stereocenters. The zero-order chi connectivity index (χ0) is 20.6. The molecular formula is C20H21ClN2O4S. The summed E-state index contributed by atoms with van der Waals surface area (Å²) in [5.74, 6) is -1.17. The first-order chi connectivity index (χ1) is 13.1. The van der Waals surface area contributed by atoms with Crippen LogP contribution in [0.5, 0.6) is 0 Å². The Hall–Kier alpha value is -2.38. The standard InChI is InChI=1S/C20H21ClN2O4S/c1-12-4-7-17(16(21)10-12)22-20(25)18-8-9-19(24)23(18)28(26,27)15-6-5-13(2)14(3)11-15/h4-7,10-11,18H,8-9H2,1-3H3,(H,22,25)/t18-/m1/s1. The number of carbonyl (C=O) groups is 2. The van der Waals surface area contributed by atoms with Crippen molar-refractivity contribution in [2.75, 3.05) is 5.32 Å². The highest BCUT2D eigenvalue weighted by Gasteiger charge is 2.44. The number of rotatable bonds is 4. The Labute approximate surface area is 169 Å². The van der Waals surface area contributed by atoms with Gasteiger partial charge in [0.25, 0.3) is 10.0 Å². The summed E-state index contributed by atoms with van der Waals surface area (Å²) in [6.45, 7) is 5.53. The Morgan fingerprint density at radius 1 is 1.11 bits per heavy atom. The summed E-state index contributed by atoms with van der Waals surface area (Å²) in [5.41, 5.74) is 3.04. The molecule has 0 saturated carbocycles. The fourth-order valence-corrected chi connectivity index (χ4v) is 5.10. The third-order valence-electron chi connectivity index (χ3n) is 4.88. The van der Waals surface area contributed by atoms with E-state index in [2.05, 4.69) is 5.32 Å². The molecule has 8 heteroatoms. The molecule has 1 heterocycles. The summed E-state index contributed by atoms with van der Waals surface area (Å²) in [6, 6.07) is 8.66. The lowest BCUT2D eigenvalue weighted by Gasteiger charge is -2.24. The van der Waals surface area contributed by atoms with E-state index in [9.17, 15) is 18.0 Å². The summed E-state index contributed by atoms with van der Waals surface area (Å²) in [4.78, 5) is 25.1. The van der Waals surface area contributed by atoms with Crippen molar-refractivity contribution in [2.24, 2.45) is 0 Å². The van der Waals surface area contributed by atoms with Crippen molar-refractivity contribution < 1.29 is 18.0 Å². The lowest BCUT2D eigenvalue weighted by molar-refractivity contribution is -0.128. The van der Waals surface area contributed by atoms with Crippen LogP contribution in [0.1, 0.15) is 29.5 Å². The van der Waals surface area contributed by atoms with Crippen LogP contribution in [0.15, 0.2) is 41.3 Å². The monoisotopic (exact) mass is 420 g/mol. The summed E-state index contributed by atoms with van der Waals surface area (Å²) in [6.07, 6.45) is 0.113. The van der Waals surface area contributed by atoms with Crippen LogP contribution in [0.25, 0.3) is 0 Å². The largest absolute Gasteiger partial charge is 0.323 e. The van der Waals surface area contributed by atoms with Gasteiger partial charge >= 0.3 is 0 Å². The Bertz CT molecular complexity index is 1070. The average molecular weight is 421 g/mol. The minimum atomic E-state index is -4.14. The number of carbonyl (C=O) groups excluding carboxylic acids is 2. The maximum atomic E-state index is 13.1. The van der Waals surface area contributed by atoms with Crippen LogP contribution < -0.4 is 5.32 Å². The molecule has 28 heavy (non-hydrogen) atoms. The number of amides is 2. The predicted molar refractivity (Wildman–Crippen MR) is 108 cm³/mol. The zero-order valence-electron chi connectivity index (χ0n) is 15.8. The van der Waals surface area contributed by atoms with E-state index in [1.807, 2.05) is 13.8 Å². The molecule has 1 aliphatic rings. The van der Waals surface area contributed by atoms with E-state index < -0.39 is 27.9 Å². The number of nitrogens with zero attached hydrogens (tertiary/aromatic N) is 1. The third kappa shape index (κ3) is 3.77. The number of aryl methyl sites for hydroxylation is 3. The second kappa shape index (κ2) is 7.56. The normalized spacial score (nSPS) is 17.1. The van der Waals surface area contributed by atoms with Gasteiger partial charge in [-0.15, -0.1) is 0 Å². The maximum absolute atomic E-state index is 13.1. The quantitative estimate of drug-likeness (QED) is 0.819. The molecule has 1 saturated heterocycles. The molecule has 0 aromatic heterocycles. The minimum absolute atomic E-state index is 0.00276. The van der Waals surface area contributed by atoms with Gasteiger partial charge in [0, 0.05) is 6.42 Å². The van der Waals surface area contributed by atoms with E-state index in [0.717, 1.165) is 16.7 Å². The molecule has 2 aromatic carbocycles. The zero-order valence-corrected chi connectivity index (χ0v) is 17.4. The Morgan fingerprint density at radius 2 is 1.82 bits per heavy atom. The molecule has 0 radical (unpaired) electrons. The van der Waals surface area contributed by atoms with E-state index >= 15 is 0 Å². The predicted octanol–water partition coefficient (Wildman–Crippen LogP) is 3.58. The Balaban J connectivity index is 1.92. The van der Waals surface area contributed by atoms with E-state index in [1.165, 1.54) is 12.1 Å². The minimum Gasteiger partial charge on any atom is -0.323 e. The molecule has 3 rings (SSSR count). The van der Waals surface area contributed by atoms with Crippen LogP contribution in [0.2, 0.25) is 5.02 Å². The SMILES string of the molecule is Cc1ccc(NC(=O)[C@H]2CCC(=O)N2S(=O)(=O)c2ccc(C)c(C)c2)c(Cl)c1. The van der Waals surface area contributed by atoms with Gasteiger partial charge in [-0.2, -0.15) is 0 Å². The first kappa shape index (κ1) is 20.4. The van der Waals surface area contributed by atoms with Crippen molar-refractivity contribution in [3.05, 3.63) is 58.1 Å². The molecule has 1 N–H and O–H groups in total. The fraction of sp³-hybridized carbons (Fsp3) is 0.300. The van der Waals surface area contributed by atoms with Gasteiger partial charge in [-0.1, -0.05) is 23.7 Å². The first-order valence-corrected chi connectivity index (χ1v) is 10.6. The molecule has 2 aromatic rings. The van der Waals surface area contributed by atoms with Gasteiger partial charge < -0.3 is 5.32 Å². The van der Waals surface area contributed by atoms with E-state index in [-0.39, 0.29) is 17.7 Å². The smallest absolute Gasteiger partial charge is 0.267 e. The van der Waals surface area contributed by atoms with Gasteiger partial charge in [0.2, 0.25) is 11.8 Å². The lowest BCUT2D eigenvalue weighted by atomic mass is 10.1. The Morgan fingerprint density at radius 3 is 2.46 bits per heavy atom. The molecular weight excluding hydrogens is 400 g/mol. The molecule has 0 spiro atoms. The molecule has 0 unspecified atom stereocenters. The summed E-state index contributed by atoms with van der Waals surface area (Å²) < 4.78 is 26.9. The molecule has 2 amide bonds. The van der Waals surface area contributed by atoms with Crippen LogP contribution in [0.3, 0.4) is 0 Å². The van der Waals surface area contributed by atoms with Crippen molar-refractivity contribution in [3.63, 3.8) is 0 Å². The number of hydrogen-bond acceptors (Lipinski definition) is 4. The fourth-order valence-electron chi connectivity index (χ4n) is 3.13. The maximum Gasteiger partial charge on any atom is 0.267 e. The average Bonchev–Trinajstić information content (AvgIpc) is 3.02. The molecule has 1 aliphatic heterocycles. The number of anilines is 1. The number of halogens is 1. The second-order valence-electron chi connectivity index (χ2n) is 6.97. The highest BCUT2D eigenvalue weighted by Crippen LogP contribution is 2.30. The van der Waals surface area contributed by atoms with Crippen molar-refractivity contribution in [1.82, 2.24) is 4.31 Å². The van der Waals surface area contributed by atoms with E-state index in [1.54, 1.807) is 31.2 Å². The molecule has 0 aliphatic carbocycles. The van der Waals surface area contributed by atoms with Crippen LogP contribution in [0.4, 0.5) is 5.69 Å². The van der Waals surface area contributed by atoms with Crippen molar-refractivity contribution >= 4 is 39.1 Å². The molecule has 1 fully saturated rings. The first-order valence-electron chi connectivity index (χ1n) is 8.83. The van der Waals surface area contributed by atoms with Crippen molar-refractivity contribution in [3.8, 4) is 0 Å². The van der Waals surface area contributed by atoms with Crippen molar-refractivity contribution in [2.45, 2.75) is 44.6 Å². The van der Waals surface area contributed by atoms with Crippen molar-refractivity contribution in [1.29, 1.82) is 0 Å². The van der Waals surface area contributed by atoms with Gasteiger partial charge in [-0.3, -0.25) is 9.59 Å². The van der Waals surface area contributed by atoms with Gasteiger partial charge in [0.15, 0.2) is 0 Å². The number of nitrogens with one attached hydrogen (secondary N) is 1. The highest BCUT2D eigenvalue weighted by molar-refractivity contribution is 7.89. The number of hydrogen-bond donors (Lipinski definition) is 1. The molecule has 0 bridgehead atoms. The van der Waals surface area contributed by atoms with Crippen LogP contribution in [0, 0.1) is 20.8 Å². The summed E-state index contributed by atoms with van der Waals surface area (Å²) in [5, 5.41) is 2.99. The summed E-state index contributed by atoms with van der Waals surface area (Å²) >= 11 is 6.15. The lowest BCUT2D eigenvalue weighted by Crippen LogP contribution is -2.45. The third-order valence-corrected chi connectivity index (χ3v) is 7.02. The van der Waals surface area contributed by atoms with E-state index in [4.69, 9.17) is 11.6 Å². The van der Waals surface area contributed by atoms with Gasteiger partial charge in [-0.05, 0) is 68.1 Å². The Kier molecular flexibility index (Phi) is 5.50. The highest BCUT2D eigenvalue weighted by atomic mass is 35.5. The molecule has 6 nitrogen and oxygen atoms in total.